The highest BCUT2D eigenvalue weighted by Gasteiger charge is 2.07. The lowest BCUT2D eigenvalue weighted by atomic mass is 10.4. The lowest BCUT2D eigenvalue weighted by Gasteiger charge is -2.15. The zero-order valence-electron chi connectivity index (χ0n) is 10.9. The number of methoxy groups -OCH3 is 1. The van der Waals surface area contributed by atoms with Gasteiger partial charge in [0.1, 0.15) is 18.2 Å². The molecule has 0 aliphatic carbocycles. The molecule has 0 spiro atoms. The van der Waals surface area contributed by atoms with Gasteiger partial charge in [-0.25, -0.2) is 9.97 Å². The van der Waals surface area contributed by atoms with Crippen LogP contribution in [0.2, 0.25) is 0 Å². The van der Waals surface area contributed by atoms with Crippen molar-refractivity contribution in [2.75, 3.05) is 38.3 Å². The topological polar surface area (TPSA) is 93.4 Å². The molecule has 0 bridgehead atoms. The van der Waals surface area contributed by atoms with E-state index >= 15 is 0 Å². The van der Waals surface area contributed by atoms with Crippen LogP contribution in [-0.4, -0.2) is 48.0 Å². The molecule has 7 nitrogen and oxygen atoms in total. The molecule has 1 rings (SSSR count). The van der Waals surface area contributed by atoms with Crippen LogP contribution >= 0.6 is 0 Å². The second kappa shape index (κ2) is 6.75. The quantitative estimate of drug-likeness (QED) is 0.746. The number of hydrogen-bond acceptors (Lipinski definition) is 6. The molecule has 0 radical (unpaired) electrons. The number of ether oxygens (including phenoxy) is 1. The number of aromatic nitrogens is 2. The smallest absolute Gasteiger partial charge is 0.241 e. The van der Waals surface area contributed by atoms with Crippen molar-refractivity contribution in [1.82, 2.24) is 14.9 Å². The molecule has 0 aliphatic heterocycles. The largest absolute Gasteiger partial charge is 0.384 e. The molecule has 0 atom stereocenters. The fourth-order valence-corrected chi connectivity index (χ4v) is 1.28. The third kappa shape index (κ3) is 4.17. The van der Waals surface area contributed by atoms with E-state index in [1.54, 1.807) is 25.1 Å². The van der Waals surface area contributed by atoms with Gasteiger partial charge in [-0.15, -0.1) is 0 Å². The summed E-state index contributed by atoms with van der Waals surface area (Å²) in [6, 6.07) is 1.58. The fourth-order valence-electron chi connectivity index (χ4n) is 1.28. The first kappa shape index (κ1) is 14.2. The number of carbonyl (C=O) groups is 1. The zero-order chi connectivity index (χ0) is 13.5. The van der Waals surface area contributed by atoms with Crippen LogP contribution in [0.15, 0.2) is 6.07 Å². The maximum absolute atomic E-state index is 11.6. The minimum Gasteiger partial charge on any atom is -0.384 e. The highest BCUT2D eigenvalue weighted by molar-refractivity contribution is 5.80. The number of nitrogens with one attached hydrogen (secondary N) is 1. The first-order valence-electron chi connectivity index (χ1n) is 5.67. The lowest BCUT2D eigenvalue weighted by Crippen LogP contribution is -2.32. The van der Waals surface area contributed by atoms with Crippen LogP contribution < -0.4 is 11.1 Å². The molecule has 3 N–H and O–H groups in total. The van der Waals surface area contributed by atoms with E-state index < -0.39 is 0 Å². The Balaban J connectivity index is 2.64. The van der Waals surface area contributed by atoms with E-state index in [9.17, 15) is 4.79 Å². The van der Waals surface area contributed by atoms with Gasteiger partial charge in [-0.1, -0.05) is 0 Å². The Labute approximate surface area is 106 Å². The molecule has 7 heteroatoms. The van der Waals surface area contributed by atoms with Crippen molar-refractivity contribution in [2.45, 2.75) is 13.5 Å². The van der Waals surface area contributed by atoms with Crippen LogP contribution in [0.1, 0.15) is 12.7 Å². The fraction of sp³-hybridized carbons (Fsp3) is 0.545. The summed E-state index contributed by atoms with van der Waals surface area (Å²) in [5, 5.41) is 2.92. The predicted octanol–water partition coefficient (Wildman–Crippen LogP) is 0.0954. The highest BCUT2D eigenvalue weighted by atomic mass is 16.5. The number of nitrogen functional groups attached to an aromatic ring is 1. The minimum atomic E-state index is -0.0111. The standard InChI is InChI=1S/C11H19N5O2/c1-4-16(2)11(17)6-13-9-5-8(12)14-10(15-9)7-18-3/h5H,4,6-7H2,1-3H3,(H3,12,13,14,15). The Morgan fingerprint density at radius 1 is 1.56 bits per heavy atom. The number of nitrogens with zero attached hydrogens (tertiary/aromatic N) is 3. The van der Waals surface area contributed by atoms with Crippen LogP contribution in [0, 0.1) is 0 Å². The predicted molar refractivity (Wildman–Crippen MR) is 69.0 cm³/mol. The molecule has 0 unspecified atom stereocenters. The summed E-state index contributed by atoms with van der Waals surface area (Å²) in [6.45, 7) is 3.04. The third-order valence-electron chi connectivity index (χ3n) is 2.39. The molecule has 1 heterocycles. The third-order valence-corrected chi connectivity index (χ3v) is 2.39. The molecule has 1 aromatic rings. The van der Waals surface area contributed by atoms with E-state index in [0.717, 1.165) is 0 Å². The maximum Gasteiger partial charge on any atom is 0.241 e. The van der Waals surface area contributed by atoms with Gasteiger partial charge in [-0.3, -0.25) is 4.79 Å². The average Bonchev–Trinajstić information content (AvgIpc) is 2.34. The number of likely N-dealkylation sites (N-methyl/N-ethyl adjacent to an activating group) is 1. The maximum atomic E-state index is 11.6. The van der Waals surface area contributed by atoms with Gasteiger partial charge in [0, 0.05) is 26.8 Å². The summed E-state index contributed by atoms with van der Waals surface area (Å²) in [7, 11) is 3.30. The molecule has 100 valence electrons. The van der Waals surface area contributed by atoms with Crippen molar-refractivity contribution < 1.29 is 9.53 Å². The molecule has 0 aliphatic rings. The molecule has 0 aromatic carbocycles. The van der Waals surface area contributed by atoms with Crippen LogP contribution in [0.5, 0.6) is 0 Å². The van der Waals surface area contributed by atoms with E-state index in [1.807, 2.05) is 6.92 Å². The van der Waals surface area contributed by atoms with E-state index in [-0.39, 0.29) is 19.1 Å². The number of amides is 1. The van der Waals surface area contributed by atoms with E-state index in [4.69, 9.17) is 10.5 Å². The van der Waals surface area contributed by atoms with Crippen molar-refractivity contribution in [3.05, 3.63) is 11.9 Å². The number of anilines is 2. The highest BCUT2D eigenvalue weighted by Crippen LogP contribution is 2.08. The summed E-state index contributed by atoms with van der Waals surface area (Å²) >= 11 is 0. The lowest BCUT2D eigenvalue weighted by molar-refractivity contribution is -0.127. The van der Waals surface area contributed by atoms with Crippen molar-refractivity contribution in [3.63, 3.8) is 0 Å². The van der Waals surface area contributed by atoms with Gasteiger partial charge < -0.3 is 20.7 Å². The van der Waals surface area contributed by atoms with E-state index in [0.29, 0.717) is 24.0 Å². The molecule has 0 saturated carbocycles. The Kier molecular flexibility index (Phi) is 5.31. The summed E-state index contributed by atoms with van der Waals surface area (Å²) in [5.74, 6) is 1.34. The van der Waals surface area contributed by atoms with Gasteiger partial charge in [0.05, 0.1) is 6.54 Å². The molecule has 0 saturated heterocycles. The molecule has 18 heavy (non-hydrogen) atoms. The summed E-state index contributed by atoms with van der Waals surface area (Å²) in [6.07, 6.45) is 0. The SMILES string of the molecule is CCN(C)C(=O)CNc1cc(N)nc(COC)n1. The van der Waals surface area contributed by atoms with Crippen LogP contribution in [0.3, 0.4) is 0 Å². The minimum absolute atomic E-state index is 0.0111. The van der Waals surface area contributed by atoms with Crippen LogP contribution in [-0.2, 0) is 16.1 Å². The number of hydrogen-bond donors (Lipinski definition) is 2. The molecule has 1 aromatic heterocycles. The van der Waals surface area contributed by atoms with Crippen molar-refractivity contribution in [1.29, 1.82) is 0 Å². The van der Waals surface area contributed by atoms with Crippen LogP contribution in [0.25, 0.3) is 0 Å². The Morgan fingerprint density at radius 2 is 2.28 bits per heavy atom. The normalized spacial score (nSPS) is 10.2. The van der Waals surface area contributed by atoms with Crippen LogP contribution in [0.4, 0.5) is 11.6 Å². The first-order valence-corrected chi connectivity index (χ1v) is 5.67. The average molecular weight is 253 g/mol. The Morgan fingerprint density at radius 3 is 2.89 bits per heavy atom. The summed E-state index contributed by atoms with van der Waals surface area (Å²) in [4.78, 5) is 21.4. The molecular weight excluding hydrogens is 234 g/mol. The van der Waals surface area contributed by atoms with Crippen molar-refractivity contribution >= 4 is 17.5 Å². The second-order valence-electron chi connectivity index (χ2n) is 3.79. The van der Waals surface area contributed by atoms with Crippen molar-refractivity contribution in [2.24, 2.45) is 0 Å². The van der Waals surface area contributed by atoms with Gasteiger partial charge in [0.2, 0.25) is 5.91 Å². The zero-order valence-corrected chi connectivity index (χ0v) is 10.9. The van der Waals surface area contributed by atoms with Gasteiger partial charge in [0.15, 0.2) is 5.82 Å². The van der Waals surface area contributed by atoms with Crippen molar-refractivity contribution in [3.8, 4) is 0 Å². The summed E-state index contributed by atoms with van der Waals surface area (Å²) < 4.78 is 4.94. The van der Waals surface area contributed by atoms with Gasteiger partial charge in [0.25, 0.3) is 0 Å². The molecule has 0 fully saturated rings. The van der Waals surface area contributed by atoms with E-state index in [2.05, 4.69) is 15.3 Å². The van der Waals surface area contributed by atoms with Gasteiger partial charge >= 0.3 is 0 Å². The Bertz CT molecular complexity index is 410. The first-order chi connectivity index (χ1) is 8.56. The number of carbonyl (C=O) groups excluding carboxylic acids is 1. The van der Waals surface area contributed by atoms with Gasteiger partial charge in [-0.2, -0.15) is 0 Å². The summed E-state index contributed by atoms with van der Waals surface area (Å²) in [5.41, 5.74) is 5.64. The van der Waals surface area contributed by atoms with Gasteiger partial charge in [-0.05, 0) is 6.92 Å². The Hall–Kier alpha value is -1.89. The number of rotatable bonds is 6. The second-order valence-corrected chi connectivity index (χ2v) is 3.79. The molecular formula is C11H19N5O2. The van der Waals surface area contributed by atoms with E-state index in [1.165, 1.54) is 0 Å². The molecule has 1 amide bonds. The monoisotopic (exact) mass is 253 g/mol. The number of nitrogens with two attached hydrogens (primary N) is 1.